The number of carbonyl (C=O) groups is 1. The number of nitrogens with zero attached hydrogens (tertiary/aromatic N) is 3. The highest BCUT2D eigenvalue weighted by Crippen LogP contribution is 2.21. The van der Waals surface area contributed by atoms with E-state index in [1.54, 1.807) is 34.2 Å². The van der Waals surface area contributed by atoms with E-state index in [1.807, 2.05) is 48.0 Å². The standard InChI is InChI=1S/C17H17BrN4OS/c1-21(11-14-9-16(18)24-12-14)17(23)19-10-13-4-2-5-15(8-13)22-7-3-6-20-22/h2-9,12H,10-11H2,1H3,(H,19,23). The third-order valence-corrected chi connectivity index (χ3v) is 5.06. The smallest absolute Gasteiger partial charge is 0.317 e. The molecular formula is C17H17BrN4OS. The molecule has 3 aromatic rings. The number of halogens is 1. The molecule has 124 valence electrons. The molecule has 0 saturated carbocycles. The van der Waals surface area contributed by atoms with Crippen molar-refractivity contribution in [1.29, 1.82) is 0 Å². The van der Waals surface area contributed by atoms with Gasteiger partial charge in [0.2, 0.25) is 0 Å². The van der Waals surface area contributed by atoms with Gasteiger partial charge < -0.3 is 10.2 Å². The first-order valence-electron chi connectivity index (χ1n) is 7.42. The Morgan fingerprint density at radius 2 is 2.21 bits per heavy atom. The number of rotatable bonds is 5. The fourth-order valence-electron chi connectivity index (χ4n) is 2.32. The van der Waals surface area contributed by atoms with Crippen LogP contribution in [0.1, 0.15) is 11.1 Å². The zero-order valence-electron chi connectivity index (χ0n) is 13.1. The van der Waals surface area contributed by atoms with Gasteiger partial charge in [0.25, 0.3) is 0 Å². The normalized spacial score (nSPS) is 10.6. The summed E-state index contributed by atoms with van der Waals surface area (Å²) in [7, 11) is 1.79. The zero-order chi connectivity index (χ0) is 16.9. The Hall–Kier alpha value is -2.12. The van der Waals surface area contributed by atoms with Crippen molar-refractivity contribution in [3.8, 4) is 5.69 Å². The van der Waals surface area contributed by atoms with Crippen molar-refractivity contribution in [1.82, 2.24) is 20.0 Å². The van der Waals surface area contributed by atoms with Crippen molar-refractivity contribution in [3.63, 3.8) is 0 Å². The van der Waals surface area contributed by atoms with Crippen LogP contribution in [-0.2, 0) is 13.1 Å². The molecule has 2 aromatic heterocycles. The van der Waals surface area contributed by atoms with E-state index in [9.17, 15) is 4.79 Å². The van der Waals surface area contributed by atoms with Gasteiger partial charge >= 0.3 is 6.03 Å². The molecule has 2 heterocycles. The van der Waals surface area contributed by atoms with E-state index in [4.69, 9.17) is 0 Å². The van der Waals surface area contributed by atoms with E-state index in [-0.39, 0.29) is 6.03 Å². The van der Waals surface area contributed by atoms with Crippen LogP contribution in [0.4, 0.5) is 4.79 Å². The van der Waals surface area contributed by atoms with Gasteiger partial charge in [-0.25, -0.2) is 9.48 Å². The van der Waals surface area contributed by atoms with Gasteiger partial charge in [-0.3, -0.25) is 0 Å². The minimum atomic E-state index is -0.0955. The molecule has 7 heteroatoms. The molecule has 0 spiro atoms. The lowest BCUT2D eigenvalue weighted by atomic mass is 10.2. The van der Waals surface area contributed by atoms with E-state index < -0.39 is 0 Å². The van der Waals surface area contributed by atoms with Crippen LogP contribution in [0.5, 0.6) is 0 Å². The Balaban J connectivity index is 1.57. The SMILES string of the molecule is CN(Cc1csc(Br)c1)C(=O)NCc1cccc(-n2cccn2)c1. The molecule has 0 aliphatic rings. The van der Waals surface area contributed by atoms with E-state index in [0.29, 0.717) is 13.1 Å². The second-order valence-corrected chi connectivity index (χ2v) is 7.68. The number of nitrogens with one attached hydrogen (secondary N) is 1. The first-order valence-corrected chi connectivity index (χ1v) is 9.10. The van der Waals surface area contributed by atoms with Crippen molar-refractivity contribution in [2.75, 3.05) is 7.05 Å². The fourth-order valence-corrected chi connectivity index (χ4v) is 3.52. The van der Waals surface area contributed by atoms with Crippen molar-refractivity contribution >= 4 is 33.3 Å². The molecule has 24 heavy (non-hydrogen) atoms. The van der Waals surface area contributed by atoms with Gasteiger partial charge in [0.1, 0.15) is 0 Å². The molecule has 0 radical (unpaired) electrons. The summed E-state index contributed by atoms with van der Waals surface area (Å²) in [5, 5.41) is 9.21. The van der Waals surface area contributed by atoms with Crippen LogP contribution in [0, 0.1) is 0 Å². The Morgan fingerprint density at radius 1 is 1.33 bits per heavy atom. The van der Waals surface area contributed by atoms with Crippen molar-refractivity contribution < 1.29 is 4.79 Å². The minimum absolute atomic E-state index is 0.0955. The summed E-state index contributed by atoms with van der Waals surface area (Å²) in [5.74, 6) is 0. The van der Waals surface area contributed by atoms with Gasteiger partial charge in [-0.2, -0.15) is 5.10 Å². The van der Waals surface area contributed by atoms with Crippen molar-refractivity contribution in [2.24, 2.45) is 0 Å². The number of aromatic nitrogens is 2. The van der Waals surface area contributed by atoms with E-state index in [2.05, 4.69) is 26.3 Å². The maximum atomic E-state index is 12.2. The van der Waals surface area contributed by atoms with Crippen molar-refractivity contribution in [3.05, 3.63) is 69.1 Å². The summed E-state index contributed by atoms with van der Waals surface area (Å²) in [6.45, 7) is 1.06. The van der Waals surface area contributed by atoms with Crippen molar-refractivity contribution in [2.45, 2.75) is 13.1 Å². The summed E-state index contributed by atoms with van der Waals surface area (Å²) in [4.78, 5) is 13.9. The highest BCUT2D eigenvalue weighted by molar-refractivity contribution is 9.11. The number of hydrogen-bond donors (Lipinski definition) is 1. The number of urea groups is 1. The predicted octanol–water partition coefficient (Wildman–Crippen LogP) is 4.04. The van der Waals surface area contributed by atoms with Gasteiger partial charge in [0.05, 0.1) is 9.47 Å². The predicted molar refractivity (Wildman–Crippen MR) is 99.3 cm³/mol. The molecule has 0 unspecified atom stereocenters. The van der Waals surface area contributed by atoms with Crippen LogP contribution in [-0.4, -0.2) is 27.8 Å². The maximum Gasteiger partial charge on any atom is 0.317 e. The Morgan fingerprint density at radius 3 is 2.92 bits per heavy atom. The summed E-state index contributed by atoms with van der Waals surface area (Å²) in [6.07, 6.45) is 3.64. The highest BCUT2D eigenvalue weighted by atomic mass is 79.9. The third kappa shape index (κ3) is 4.24. The van der Waals surface area contributed by atoms with Gasteiger partial charge in [0.15, 0.2) is 0 Å². The molecule has 0 aliphatic heterocycles. The number of amides is 2. The second-order valence-electron chi connectivity index (χ2n) is 5.39. The lowest BCUT2D eigenvalue weighted by molar-refractivity contribution is 0.206. The Bertz CT molecular complexity index is 816. The molecule has 0 atom stereocenters. The molecule has 5 nitrogen and oxygen atoms in total. The minimum Gasteiger partial charge on any atom is -0.334 e. The van der Waals surface area contributed by atoms with Crippen LogP contribution in [0.25, 0.3) is 5.69 Å². The number of benzene rings is 1. The number of hydrogen-bond acceptors (Lipinski definition) is 3. The molecule has 0 saturated heterocycles. The highest BCUT2D eigenvalue weighted by Gasteiger charge is 2.10. The second kappa shape index (κ2) is 7.63. The van der Waals surface area contributed by atoms with Crippen LogP contribution in [0.3, 0.4) is 0 Å². The summed E-state index contributed by atoms with van der Waals surface area (Å²) in [6, 6.07) is 11.8. The van der Waals surface area contributed by atoms with E-state index in [1.165, 1.54) is 0 Å². The quantitative estimate of drug-likeness (QED) is 0.697. The monoisotopic (exact) mass is 404 g/mol. The van der Waals surface area contributed by atoms with Crippen LogP contribution < -0.4 is 5.32 Å². The van der Waals surface area contributed by atoms with Crippen LogP contribution in [0.2, 0.25) is 0 Å². The summed E-state index contributed by atoms with van der Waals surface area (Å²) >= 11 is 5.05. The van der Waals surface area contributed by atoms with Crippen LogP contribution in [0.15, 0.2) is 58.0 Å². The topological polar surface area (TPSA) is 50.2 Å². The zero-order valence-corrected chi connectivity index (χ0v) is 15.5. The number of carbonyl (C=O) groups excluding carboxylic acids is 1. The maximum absolute atomic E-state index is 12.2. The average Bonchev–Trinajstić information content (AvgIpc) is 3.25. The molecule has 2 amide bonds. The van der Waals surface area contributed by atoms with Gasteiger partial charge in [-0.15, -0.1) is 11.3 Å². The third-order valence-electron chi connectivity index (χ3n) is 3.51. The van der Waals surface area contributed by atoms with Gasteiger partial charge in [-0.1, -0.05) is 12.1 Å². The number of thiophene rings is 1. The summed E-state index contributed by atoms with van der Waals surface area (Å²) in [5.41, 5.74) is 3.12. The van der Waals surface area contributed by atoms with E-state index in [0.717, 1.165) is 20.6 Å². The summed E-state index contributed by atoms with van der Waals surface area (Å²) < 4.78 is 2.87. The molecular weight excluding hydrogens is 388 g/mol. The largest absolute Gasteiger partial charge is 0.334 e. The fraction of sp³-hybridized carbons (Fsp3) is 0.176. The van der Waals surface area contributed by atoms with E-state index >= 15 is 0 Å². The lowest BCUT2D eigenvalue weighted by Crippen LogP contribution is -2.36. The first kappa shape index (κ1) is 16.7. The molecule has 0 bridgehead atoms. The van der Waals surface area contributed by atoms with Gasteiger partial charge in [-0.05, 0) is 56.7 Å². The van der Waals surface area contributed by atoms with Gasteiger partial charge in [0, 0.05) is 32.5 Å². The average molecular weight is 405 g/mol. The molecule has 1 aromatic carbocycles. The van der Waals surface area contributed by atoms with Crippen LogP contribution >= 0.6 is 27.3 Å². The molecule has 0 fully saturated rings. The molecule has 1 N–H and O–H groups in total. The molecule has 3 rings (SSSR count). The lowest BCUT2D eigenvalue weighted by Gasteiger charge is -2.17. The first-order chi connectivity index (χ1) is 11.6. The molecule has 0 aliphatic carbocycles. The Kier molecular flexibility index (Phi) is 5.32. The Labute approximate surface area is 153 Å².